The van der Waals surface area contributed by atoms with Crippen molar-refractivity contribution in [2.45, 2.75) is 6.92 Å². The van der Waals surface area contributed by atoms with E-state index in [1.54, 1.807) is 0 Å². The quantitative estimate of drug-likeness (QED) is 0.245. The molecular weight excluding hydrogens is 438 g/mol. The lowest BCUT2D eigenvalue weighted by atomic mass is 9.86. The average Bonchev–Trinajstić information content (AvgIpc) is 3.37. The summed E-state index contributed by atoms with van der Waals surface area (Å²) >= 11 is 0. The van der Waals surface area contributed by atoms with Gasteiger partial charge in [-0.3, -0.25) is 0 Å². The van der Waals surface area contributed by atoms with E-state index in [4.69, 9.17) is 4.42 Å². The highest BCUT2D eigenvalue weighted by Gasteiger charge is 2.16. The van der Waals surface area contributed by atoms with Crippen molar-refractivity contribution in [2.75, 3.05) is 0 Å². The first-order valence-electron chi connectivity index (χ1n) is 12.2. The largest absolute Gasteiger partial charge is 0.436 e. The zero-order valence-electron chi connectivity index (χ0n) is 19.9. The fraction of sp³-hybridized carbons (Fsp3) is 0.0294. The summed E-state index contributed by atoms with van der Waals surface area (Å²) in [5.41, 5.74) is 8.88. The zero-order valence-corrected chi connectivity index (χ0v) is 19.9. The van der Waals surface area contributed by atoms with Crippen LogP contribution in [0.5, 0.6) is 0 Å². The molecule has 0 fully saturated rings. The van der Waals surface area contributed by atoms with Gasteiger partial charge in [-0.05, 0) is 75.0 Å². The molecule has 0 atom stereocenters. The van der Waals surface area contributed by atoms with Crippen LogP contribution in [0.3, 0.4) is 0 Å². The SMILES string of the molecule is Cc1ccc(-c2c3ccccc3c(-c3ccc(-c4nc5ccccc5o4)cc3)c3ccccc23)cc1. The highest BCUT2D eigenvalue weighted by Crippen LogP contribution is 2.43. The van der Waals surface area contributed by atoms with Crippen LogP contribution in [-0.4, -0.2) is 4.98 Å². The summed E-state index contributed by atoms with van der Waals surface area (Å²) in [7, 11) is 0. The highest BCUT2D eigenvalue weighted by atomic mass is 16.3. The number of fused-ring (bicyclic) bond motifs is 3. The summed E-state index contributed by atoms with van der Waals surface area (Å²) in [4.78, 5) is 4.67. The van der Waals surface area contributed by atoms with Crippen molar-refractivity contribution in [1.29, 1.82) is 0 Å². The molecule has 7 rings (SSSR count). The van der Waals surface area contributed by atoms with Crippen LogP contribution in [-0.2, 0) is 0 Å². The smallest absolute Gasteiger partial charge is 0.227 e. The molecule has 0 aliphatic rings. The molecule has 1 aromatic heterocycles. The van der Waals surface area contributed by atoms with E-state index in [9.17, 15) is 0 Å². The van der Waals surface area contributed by atoms with E-state index in [2.05, 4.69) is 109 Å². The Labute approximate surface area is 209 Å². The second kappa shape index (κ2) is 8.21. The molecule has 0 N–H and O–H groups in total. The second-order valence-electron chi connectivity index (χ2n) is 9.27. The molecule has 0 bridgehead atoms. The second-order valence-corrected chi connectivity index (χ2v) is 9.27. The minimum atomic E-state index is 0.646. The van der Waals surface area contributed by atoms with E-state index in [-0.39, 0.29) is 0 Å². The van der Waals surface area contributed by atoms with E-state index >= 15 is 0 Å². The number of aryl methyl sites for hydroxylation is 1. The Morgan fingerprint density at radius 2 is 0.917 bits per heavy atom. The molecule has 170 valence electrons. The molecule has 1 heterocycles. The highest BCUT2D eigenvalue weighted by molar-refractivity contribution is 6.21. The van der Waals surface area contributed by atoms with E-state index in [0.717, 1.165) is 16.7 Å². The van der Waals surface area contributed by atoms with Gasteiger partial charge in [-0.1, -0.05) is 103 Å². The molecule has 0 saturated heterocycles. The van der Waals surface area contributed by atoms with E-state index < -0.39 is 0 Å². The maximum atomic E-state index is 6.00. The van der Waals surface area contributed by atoms with Crippen molar-refractivity contribution >= 4 is 32.6 Å². The Balaban J connectivity index is 1.45. The van der Waals surface area contributed by atoms with Crippen molar-refractivity contribution in [3.8, 4) is 33.7 Å². The van der Waals surface area contributed by atoms with Crippen molar-refractivity contribution in [3.63, 3.8) is 0 Å². The Hall–Kier alpha value is -4.69. The lowest BCUT2D eigenvalue weighted by Gasteiger charge is -2.18. The molecule has 2 heteroatoms. The molecule has 2 nitrogen and oxygen atoms in total. The van der Waals surface area contributed by atoms with Crippen LogP contribution in [0, 0.1) is 6.92 Å². The van der Waals surface area contributed by atoms with Crippen LogP contribution in [0.2, 0.25) is 0 Å². The molecule has 0 unspecified atom stereocenters. The summed E-state index contributed by atoms with van der Waals surface area (Å²) < 4.78 is 6.00. The van der Waals surface area contributed by atoms with Crippen LogP contribution in [0.1, 0.15) is 5.56 Å². The van der Waals surface area contributed by atoms with Gasteiger partial charge in [0.05, 0.1) is 0 Å². The predicted octanol–water partition coefficient (Wildman–Crippen LogP) is 9.44. The zero-order chi connectivity index (χ0) is 24.1. The van der Waals surface area contributed by atoms with Crippen LogP contribution in [0.25, 0.3) is 66.4 Å². The first-order chi connectivity index (χ1) is 17.8. The third kappa shape index (κ3) is 3.30. The van der Waals surface area contributed by atoms with Gasteiger partial charge < -0.3 is 4.42 Å². The van der Waals surface area contributed by atoms with E-state index in [1.165, 1.54) is 49.4 Å². The average molecular weight is 462 g/mol. The molecule has 0 aliphatic carbocycles. The van der Waals surface area contributed by atoms with E-state index in [0.29, 0.717) is 5.89 Å². The maximum absolute atomic E-state index is 6.00. The van der Waals surface area contributed by atoms with Crippen molar-refractivity contribution in [2.24, 2.45) is 0 Å². The minimum absolute atomic E-state index is 0.646. The Morgan fingerprint density at radius 1 is 0.472 bits per heavy atom. The predicted molar refractivity (Wildman–Crippen MR) is 150 cm³/mol. The molecular formula is C34H23NO. The lowest BCUT2D eigenvalue weighted by Crippen LogP contribution is -1.91. The number of hydrogen-bond donors (Lipinski definition) is 0. The molecule has 36 heavy (non-hydrogen) atoms. The molecule has 0 radical (unpaired) electrons. The molecule has 7 aromatic rings. The molecule has 0 spiro atoms. The van der Waals surface area contributed by atoms with Gasteiger partial charge in [-0.25, -0.2) is 4.98 Å². The first-order valence-corrected chi connectivity index (χ1v) is 12.2. The molecule has 0 amide bonds. The monoisotopic (exact) mass is 461 g/mol. The van der Waals surface area contributed by atoms with Crippen molar-refractivity contribution in [3.05, 3.63) is 127 Å². The Bertz CT molecular complexity index is 1790. The number of nitrogens with zero attached hydrogens (tertiary/aromatic N) is 1. The summed E-state index contributed by atoms with van der Waals surface area (Å²) in [6, 6.07) is 42.8. The van der Waals surface area contributed by atoms with Gasteiger partial charge in [0.15, 0.2) is 5.58 Å². The summed E-state index contributed by atoms with van der Waals surface area (Å²) in [5, 5.41) is 5.03. The number of benzene rings is 6. The lowest BCUT2D eigenvalue weighted by molar-refractivity contribution is 0.620. The molecule has 6 aromatic carbocycles. The number of rotatable bonds is 3. The minimum Gasteiger partial charge on any atom is -0.436 e. The molecule has 0 aliphatic heterocycles. The fourth-order valence-electron chi connectivity index (χ4n) is 5.25. The molecule has 0 saturated carbocycles. The summed E-state index contributed by atoms with van der Waals surface area (Å²) in [6.45, 7) is 2.13. The van der Waals surface area contributed by atoms with Crippen LogP contribution in [0.15, 0.2) is 126 Å². The van der Waals surface area contributed by atoms with Crippen molar-refractivity contribution in [1.82, 2.24) is 4.98 Å². The van der Waals surface area contributed by atoms with Crippen LogP contribution in [0.4, 0.5) is 0 Å². The standard InChI is InChI=1S/C34H23NO/c1-22-14-16-23(17-15-22)32-26-8-2-4-10-28(26)33(29-11-5-3-9-27(29)32)24-18-20-25(21-19-24)34-35-30-12-6-7-13-31(30)36-34/h2-21H,1H3. The number of aromatic nitrogens is 1. The van der Waals surface area contributed by atoms with E-state index in [1.807, 2.05) is 24.3 Å². The van der Waals surface area contributed by atoms with Crippen LogP contribution >= 0.6 is 0 Å². The van der Waals surface area contributed by atoms with Crippen LogP contribution < -0.4 is 0 Å². The number of para-hydroxylation sites is 2. The third-order valence-corrected chi connectivity index (χ3v) is 6.99. The maximum Gasteiger partial charge on any atom is 0.227 e. The number of hydrogen-bond acceptors (Lipinski definition) is 2. The van der Waals surface area contributed by atoms with Crippen molar-refractivity contribution < 1.29 is 4.42 Å². The normalized spacial score (nSPS) is 11.5. The topological polar surface area (TPSA) is 26.0 Å². The van der Waals surface area contributed by atoms with Gasteiger partial charge in [0.2, 0.25) is 5.89 Å². The summed E-state index contributed by atoms with van der Waals surface area (Å²) in [6.07, 6.45) is 0. The van der Waals surface area contributed by atoms with Gasteiger partial charge in [0.25, 0.3) is 0 Å². The Morgan fingerprint density at radius 3 is 1.44 bits per heavy atom. The number of oxazole rings is 1. The summed E-state index contributed by atoms with van der Waals surface area (Å²) in [5.74, 6) is 0.646. The van der Waals surface area contributed by atoms with Gasteiger partial charge in [-0.15, -0.1) is 0 Å². The van der Waals surface area contributed by atoms with Gasteiger partial charge >= 0.3 is 0 Å². The first kappa shape index (κ1) is 20.7. The fourth-order valence-corrected chi connectivity index (χ4v) is 5.25. The Kier molecular flexibility index (Phi) is 4.71. The van der Waals surface area contributed by atoms with Gasteiger partial charge in [0, 0.05) is 5.56 Å². The third-order valence-electron chi connectivity index (χ3n) is 6.99. The van der Waals surface area contributed by atoms with Gasteiger partial charge in [0.1, 0.15) is 5.52 Å². The van der Waals surface area contributed by atoms with Gasteiger partial charge in [-0.2, -0.15) is 0 Å².